The lowest BCUT2D eigenvalue weighted by Crippen LogP contribution is -2.49. The Labute approximate surface area is 90.8 Å². The number of carboxylic acids is 1. The smallest absolute Gasteiger partial charge is 0.323 e. The monoisotopic (exact) mass is 219 g/mol. The molecule has 0 saturated heterocycles. The molecule has 90 valence electrons. The summed E-state index contributed by atoms with van der Waals surface area (Å²) in [6.45, 7) is 4.68. The van der Waals surface area contributed by atoms with Crippen molar-refractivity contribution in [2.24, 2.45) is 5.92 Å². The number of hydrogen-bond acceptors (Lipinski definition) is 4. The molecule has 0 heterocycles. The van der Waals surface area contributed by atoms with Gasteiger partial charge in [-0.3, -0.25) is 10.1 Å². The maximum atomic E-state index is 10.9. The first-order valence-corrected chi connectivity index (χ1v) is 4.99. The Morgan fingerprint density at radius 3 is 2.13 bits per heavy atom. The highest BCUT2D eigenvalue weighted by molar-refractivity contribution is 5.73. The van der Waals surface area contributed by atoms with Crippen LogP contribution in [0.1, 0.15) is 13.8 Å². The van der Waals surface area contributed by atoms with Crippen LogP contribution in [0.2, 0.25) is 0 Å². The van der Waals surface area contributed by atoms with E-state index in [0.29, 0.717) is 12.5 Å². The molecule has 0 aliphatic carbocycles. The second kappa shape index (κ2) is 7.62. The number of carboxylic acid groups (broad SMARTS) is 1. The fraction of sp³-hybridized carbons (Fsp3) is 0.900. The third kappa shape index (κ3) is 5.71. The summed E-state index contributed by atoms with van der Waals surface area (Å²) in [6.07, 6.45) is 0. The van der Waals surface area contributed by atoms with Crippen molar-refractivity contribution in [3.63, 3.8) is 0 Å². The van der Waals surface area contributed by atoms with Gasteiger partial charge in [-0.2, -0.15) is 0 Å². The normalized spacial score (nSPS) is 15.3. The van der Waals surface area contributed by atoms with E-state index in [1.807, 2.05) is 13.8 Å². The van der Waals surface area contributed by atoms with Crippen molar-refractivity contribution in [1.82, 2.24) is 5.32 Å². The topological polar surface area (TPSA) is 67.8 Å². The number of ether oxygens (including phenoxy) is 2. The first-order valence-electron chi connectivity index (χ1n) is 4.99. The number of nitrogens with one attached hydrogen (secondary N) is 1. The first-order chi connectivity index (χ1) is 7.02. The zero-order valence-electron chi connectivity index (χ0n) is 9.82. The lowest BCUT2D eigenvalue weighted by atomic mass is 10.0. The molecule has 0 aromatic rings. The maximum absolute atomic E-state index is 10.9. The molecule has 0 radical (unpaired) electrons. The van der Waals surface area contributed by atoms with Crippen LogP contribution in [0.4, 0.5) is 0 Å². The predicted octanol–water partition coefficient (Wildman–Crippen LogP) is 0.347. The summed E-state index contributed by atoms with van der Waals surface area (Å²) in [7, 11) is 3.08. The number of carbonyl (C=O) groups is 1. The Bertz CT molecular complexity index is 184. The van der Waals surface area contributed by atoms with Crippen molar-refractivity contribution in [2.75, 3.05) is 27.4 Å². The van der Waals surface area contributed by atoms with Crippen LogP contribution >= 0.6 is 0 Å². The fourth-order valence-electron chi connectivity index (χ4n) is 1.23. The number of rotatable bonds is 8. The van der Waals surface area contributed by atoms with Crippen LogP contribution in [-0.2, 0) is 14.3 Å². The number of aliphatic carboxylic acids is 1. The summed E-state index contributed by atoms with van der Waals surface area (Å²) in [5, 5.41) is 11.9. The molecule has 5 heteroatoms. The van der Waals surface area contributed by atoms with Crippen LogP contribution < -0.4 is 5.32 Å². The van der Waals surface area contributed by atoms with Crippen molar-refractivity contribution in [1.29, 1.82) is 0 Å². The zero-order valence-corrected chi connectivity index (χ0v) is 9.82. The van der Waals surface area contributed by atoms with E-state index in [-0.39, 0.29) is 12.6 Å². The number of methoxy groups -OCH3 is 2. The molecule has 0 spiro atoms. The summed E-state index contributed by atoms with van der Waals surface area (Å²) >= 11 is 0. The van der Waals surface area contributed by atoms with Crippen LogP contribution in [0.15, 0.2) is 0 Å². The van der Waals surface area contributed by atoms with Crippen LogP contribution in [-0.4, -0.2) is 50.6 Å². The van der Waals surface area contributed by atoms with E-state index >= 15 is 0 Å². The van der Waals surface area contributed by atoms with Crippen molar-refractivity contribution < 1.29 is 19.4 Å². The van der Waals surface area contributed by atoms with Gasteiger partial charge in [0.25, 0.3) is 0 Å². The molecule has 5 nitrogen and oxygen atoms in total. The highest BCUT2D eigenvalue weighted by Crippen LogP contribution is 2.03. The van der Waals surface area contributed by atoms with Gasteiger partial charge < -0.3 is 14.6 Å². The molecule has 0 amide bonds. The quantitative estimate of drug-likeness (QED) is 0.616. The second-order valence-electron chi connectivity index (χ2n) is 3.82. The summed E-state index contributed by atoms with van der Waals surface area (Å²) in [4.78, 5) is 10.9. The fourth-order valence-corrected chi connectivity index (χ4v) is 1.23. The summed E-state index contributed by atoms with van der Waals surface area (Å²) in [5.41, 5.74) is 0. The van der Waals surface area contributed by atoms with Gasteiger partial charge in [0.05, 0.1) is 13.2 Å². The van der Waals surface area contributed by atoms with E-state index in [4.69, 9.17) is 14.6 Å². The average Bonchev–Trinajstić information content (AvgIpc) is 2.15. The van der Waals surface area contributed by atoms with Gasteiger partial charge in [-0.1, -0.05) is 13.8 Å². The van der Waals surface area contributed by atoms with Gasteiger partial charge >= 0.3 is 5.97 Å². The van der Waals surface area contributed by atoms with Crippen molar-refractivity contribution in [3.05, 3.63) is 0 Å². The van der Waals surface area contributed by atoms with Crippen LogP contribution in [0, 0.1) is 5.92 Å². The van der Waals surface area contributed by atoms with Gasteiger partial charge in [-0.05, 0) is 5.92 Å². The maximum Gasteiger partial charge on any atom is 0.323 e. The Morgan fingerprint density at radius 2 is 1.80 bits per heavy atom. The summed E-state index contributed by atoms with van der Waals surface area (Å²) in [6, 6.07) is -0.663. The Balaban J connectivity index is 4.25. The molecule has 0 saturated carbocycles. The Hall–Kier alpha value is -0.650. The van der Waals surface area contributed by atoms with E-state index in [2.05, 4.69) is 5.32 Å². The third-order valence-corrected chi connectivity index (χ3v) is 2.20. The van der Waals surface area contributed by atoms with Crippen LogP contribution in [0.25, 0.3) is 0 Å². The zero-order chi connectivity index (χ0) is 11.8. The van der Waals surface area contributed by atoms with E-state index in [1.54, 1.807) is 7.11 Å². The lowest BCUT2D eigenvalue weighted by Gasteiger charge is -2.25. The lowest BCUT2D eigenvalue weighted by molar-refractivity contribution is -0.141. The molecular weight excluding hydrogens is 198 g/mol. The molecule has 0 aliphatic rings. The van der Waals surface area contributed by atoms with Gasteiger partial charge in [0.15, 0.2) is 0 Å². The molecule has 0 aromatic heterocycles. The van der Waals surface area contributed by atoms with E-state index in [0.717, 1.165) is 0 Å². The molecule has 0 rings (SSSR count). The number of hydrogen-bond donors (Lipinski definition) is 2. The largest absolute Gasteiger partial charge is 0.480 e. The first kappa shape index (κ1) is 14.3. The molecule has 0 fully saturated rings. The predicted molar refractivity (Wildman–Crippen MR) is 56.9 cm³/mol. The van der Waals surface area contributed by atoms with Gasteiger partial charge in [-0.15, -0.1) is 0 Å². The molecule has 0 aliphatic heterocycles. The minimum Gasteiger partial charge on any atom is -0.480 e. The van der Waals surface area contributed by atoms with Crippen molar-refractivity contribution in [3.8, 4) is 0 Å². The van der Waals surface area contributed by atoms with Gasteiger partial charge in [0.2, 0.25) is 0 Å². The van der Waals surface area contributed by atoms with Crippen LogP contribution in [0.3, 0.4) is 0 Å². The molecule has 2 unspecified atom stereocenters. The highest BCUT2D eigenvalue weighted by atomic mass is 16.5. The molecule has 15 heavy (non-hydrogen) atoms. The van der Waals surface area contributed by atoms with E-state index in [9.17, 15) is 4.79 Å². The molecule has 0 bridgehead atoms. The van der Waals surface area contributed by atoms with Crippen molar-refractivity contribution >= 4 is 5.97 Å². The Kier molecular flexibility index (Phi) is 7.29. The van der Waals surface area contributed by atoms with Crippen molar-refractivity contribution in [2.45, 2.75) is 25.9 Å². The van der Waals surface area contributed by atoms with E-state index in [1.165, 1.54) is 7.11 Å². The molecule has 2 atom stereocenters. The minimum absolute atomic E-state index is 0.0197. The molecule has 0 aromatic carbocycles. The summed E-state index contributed by atoms with van der Waals surface area (Å²) < 4.78 is 9.87. The summed E-state index contributed by atoms with van der Waals surface area (Å²) in [5.74, 6) is -0.595. The average molecular weight is 219 g/mol. The van der Waals surface area contributed by atoms with Crippen LogP contribution in [0.5, 0.6) is 0 Å². The Morgan fingerprint density at radius 1 is 1.27 bits per heavy atom. The second-order valence-corrected chi connectivity index (χ2v) is 3.82. The molecule has 2 N–H and O–H groups in total. The highest BCUT2D eigenvalue weighted by Gasteiger charge is 2.23. The SMILES string of the molecule is COCC(NC(COC)C(C)C)C(=O)O. The van der Waals surface area contributed by atoms with Gasteiger partial charge in [0.1, 0.15) is 6.04 Å². The van der Waals surface area contributed by atoms with E-state index < -0.39 is 12.0 Å². The standard InChI is InChI=1S/C10H21NO4/c1-7(2)8(5-14-3)11-9(6-15-4)10(12)13/h7-9,11H,5-6H2,1-4H3,(H,12,13). The van der Waals surface area contributed by atoms with Gasteiger partial charge in [-0.25, -0.2) is 0 Å². The van der Waals surface area contributed by atoms with Gasteiger partial charge in [0, 0.05) is 20.3 Å². The third-order valence-electron chi connectivity index (χ3n) is 2.20. The molecular formula is C10H21NO4. The minimum atomic E-state index is -0.904.